The van der Waals surface area contributed by atoms with Crippen molar-refractivity contribution < 1.29 is 13.2 Å². The first kappa shape index (κ1) is 17.6. The highest BCUT2D eigenvalue weighted by Gasteiger charge is 2.29. The van der Waals surface area contributed by atoms with E-state index in [2.05, 4.69) is 0 Å². The summed E-state index contributed by atoms with van der Waals surface area (Å²) in [6, 6.07) is 5.48. The molecule has 20 heavy (non-hydrogen) atoms. The van der Waals surface area contributed by atoms with Crippen LogP contribution in [0.5, 0.6) is 5.75 Å². The molecule has 0 heterocycles. The van der Waals surface area contributed by atoms with Gasteiger partial charge in [-0.1, -0.05) is 38.4 Å². The van der Waals surface area contributed by atoms with E-state index in [9.17, 15) is 8.42 Å². The number of halogens is 2. The molecule has 0 aliphatic rings. The first-order valence-corrected chi connectivity index (χ1v) is 9.16. The summed E-state index contributed by atoms with van der Waals surface area (Å²) in [5, 5.41) is 0.511. The molecule has 3 nitrogen and oxygen atoms in total. The molecular weight excluding hydrogens is 319 g/mol. The maximum Gasteiger partial charge on any atom is 0.233 e. The maximum absolute atomic E-state index is 11.3. The van der Waals surface area contributed by atoms with E-state index >= 15 is 0 Å². The summed E-state index contributed by atoms with van der Waals surface area (Å²) in [5.41, 5.74) is 0.791. The van der Waals surface area contributed by atoms with Crippen LogP contribution in [0.3, 0.4) is 0 Å². The second-order valence-electron chi connectivity index (χ2n) is 6.01. The van der Waals surface area contributed by atoms with Gasteiger partial charge in [0.05, 0.1) is 17.4 Å². The summed E-state index contributed by atoms with van der Waals surface area (Å²) in [4.78, 5) is 0. The molecule has 1 aromatic carbocycles. The summed E-state index contributed by atoms with van der Waals surface area (Å²) in [7, 11) is 1.79. The lowest BCUT2D eigenvalue weighted by Gasteiger charge is -2.29. The van der Waals surface area contributed by atoms with Crippen molar-refractivity contribution in [2.75, 3.05) is 12.4 Å². The average Bonchev–Trinajstić information content (AvgIpc) is 2.25. The number of hydrogen-bond donors (Lipinski definition) is 0. The van der Waals surface area contributed by atoms with Crippen molar-refractivity contribution in [3.05, 3.63) is 28.8 Å². The largest absolute Gasteiger partial charge is 0.492 e. The van der Waals surface area contributed by atoms with Crippen LogP contribution >= 0.6 is 22.3 Å². The highest BCUT2D eigenvalue weighted by Crippen LogP contribution is 2.31. The van der Waals surface area contributed by atoms with Gasteiger partial charge in [0.2, 0.25) is 9.05 Å². The summed E-state index contributed by atoms with van der Waals surface area (Å²) in [6.07, 6.45) is 0. The van der Waals surface area contributed by atoms with E-state index in [1.165, 1.54) is 0 Å². The first-order chi connectivity index (χ1) is 8.99. The number of ether oxygens (including phenoxy) is 1. The molecule has 0 radical (unpaired) electrons. The molecule has 0 aliphatic carbocycles. The quantitative estimate of drug-likeness (QED) is 0.753. The summed E-state index contributed by atoms with van der Waals surface area (Å²) >= 11 is 6.06. The molecule has 1 rings (SSSR count). The summed E-state index contributed by atoms with van der Waals surface area (Å²) in [6.45, 7) is 8.06. The van der Waals surface area contributed by atoms with Gasteiger partial charge in [-0.25, -0.2) is 8.42 Å². The molecule has 1 aromatic rings. The maximum atomic E-state index is 11.3. The highest BCUT2D eigenvalue weighted by atomic mass is 35.7. The van der Waals surface area contributed by atoms with E-state index in [0.717, 1.165) is 5.56 Å². The van der Waals surface area contributed by atoms with Crippen molar-refractivity contribution in [2.24, 2.45) is 11.3 Å². The third kappa shape index (κ3) is 5.90. The minimum Gasteiger partial charge on any atom is -0.492 e. The average molecular weight is 339 g/mol. The zero-order chi connectivity index (χ0) is 15.6. The molecule has 0 aromatic heterocycles. The molecule has 0 fully saturated rings. The molecule has 0 N–H and O–H groups in total. The Morgan fingerprint density at radius 2 is 1.90 bits per heavy atom. The molecule has 0 aliphatic heterocycles. The normalized spacial score (nSPS) is 14.1. The van der Waals surface area contributed by atoms with Crippen molar-refractivity contribution in [1.29, 1.82) is 0 Å². The van der Waals surface area contributed by atoms with Crippen LogP contribution in [0.2, 0.25) is 5.02 Å². The van der Waals surface area contributed by atoms with Crippen molar-refractivity contribution in [3.63, 3.8) is 0 Å². The standard InChI is InChI=1S/C14H20Cl2O3S/c1-10-5-6-12(15)13(7-10)19-8-11(14(2,3)4)9-20(16,17)18/h5-7,11H,8-9H2,1-4H3. The van der Waals surface area contributed by atoms with Crippen LogP contribution in [-0.2, 0) is 9.05 Å². The first-order valence-electron chi connectivity index (χ1n) is 6.30. The highest BCUT2D eigenvalue weighted by molar-refractivity contribution is 8.13. The number of rotatable bonds is 5. The van der Waals surface area contributed by atoms with Gasteiger partial charge in [-0.3, -0.25) is 0 Å². The van der Waals surface area contributed by atoms with Gasteiger partial charge in [-0.2, -0.15) is 0 Å². The van der Waals surface area contributed by atoms with E-state index < -0.39 is 9.05 Å². The zero-order valence-corrected chi connectivity index (χ0v) is 14.4. The smallest absolute Gasteiger partial charge is 0.233 e. The fourth-order valence-electron chi connectivity index (χ4n) is 1.70. The van der Waals surface area contributed by atoms with E-state index in [-0.39, 0.29) is 23.7 Å². The predicted molar refractivity (Wildman–Crippen MR) is 84.3 cm³/mol. The van der Waals surface area contributed by atoms with E-state index in [1.807, 2.05) is 39.8 Å². The Labute approximate surface area is 130 Å². The molecule has 0 amide bonds. The Morgan fingerprint density at radius 3 is 2.40 bits per heavy atom. The molecule has 114 valence electrons. The lowest BCUT2D eigenvalue weighted by atomic mass is 9.82. The van der Waals surface area contributed by atoms with Crippen molar-refractivity contribution >= 4 is 31.3 Å². The molecule has 0 bridgehead atoms. The summed E-state index contributed by atoms with van der Waals surface area (Å²) < 4.78 is 28.3. The van der Waals surface area contributed by atoms with Crippen molar-refractivity contribution in [1.82, 2.24) is 0 Å². The third-order valence-corrected chi connectivity index (χ3v) is 4.64. The fourth-order valence-corrected chi connectivity index (χ4v) is 3.41. The topological polar surface area (TPSA) is 43.4 Å². The van der Waals surface area contributed by atoms with Crippen LogP contribution in [0.15, 0.2) is 18.2 Å². The number of benzene rings is 1. The SMILES string of the molecule is Cc1ccc(Cl)c(OCC(CS(=O)(=O)Cl)C(C)(C)C)c1. The van der Waals surface area contributed by atoms with Gasteiger partial charge < -0.3 is 4.74 Å². The lowest BCUT2D eigenvalue weighted by molar-refractivity contribution is 0.163. The minimum atomic E-state index is -3.57. The Balaban J connectivity index is 2.84. The van der Waals surface area contributed by atoms with E-state index in [0.29, 0.717) is 10.8 Å². The molecule has 1 unspecified atom stereocenters. The second-order valence-corrected chi connectivity index (χ2v) is 9.24. The Hall–Kier alpha value is -0.450. The van der Waals surface area contributed by atoms with Gasteiger partial charge in [0.1, 0.15) is 5.75 Å². The van der Waals surface area contributed by atoms with Crippen LogP contribution in [0.1, 0.15) is 26.3 Å². The van der Waals surface area contributed by atoms with Crippen LogP contribution in [0.4, 0.5) is 0 Å². The number of hydrogen-bond acceptors (Lipinski definition) is 3. The van der Waals surface area contributed by atoms with Crippen molar-refractivity contribution in [3.8, 4) is 5.75 Å². The van der Waals surface area contributed by atoms with Crippen LogP contribution in [0, 0.1) is 18.3 Å². The third-order valence-electron chi connectivity index (χ3n) is 3.15. The fraction of sp³-hybridized carbons (Fsp3) is 0.571. The molecule has 1 atom stereocenters. The second kappa shape index (κ2) is 6.54. The Bertz CT molecular complexity index is 562. The van der Waals surface area contributed by atoms with Gasteiger partial charge in [0.15, 0.2) is 0 Å². The molecule has 0 saturated carbocycles. The minimum absolute atomic E-state index is 0.124. The van der Waals surface area contributed by atoms with E-state index in [1.54, 1.807) is 6.07 Å². The zero-order valence-electron chi connectivity index (χ0n) is 12.1. The molecule has 0 spiro atoms. The predicted octanol–water partition coefficient (Wildman–Crippen LogP) is 4.26. The molecular formula is C14H20Cl2O3S. The monoisotopic (exact) mass is 338 g/mol. The molecule has 6 heteroatoms. The van der Waals surface area contributed by atoms with Gasteiger partial charge in [-0.05, 0) is 30.0 Å². The summed E-state index contributed by atoms with van der Waals surface area (Å²) in [5.74, 6) is 0.219. The molecule has 0 saturated heterocycles. The van der Waals surface area contributed by atoms with Gasteiger partial charge in [0.25, 0.3) is 0 Å². The van der Waals surface area contributed by atoms with Crippen molar-refractivity contribution in [2.45, 2.75) is 27.7 Å². The van der Waals surface area contributed by atoms with Gasteiger partial charge in [-0.15, -0.1) is 0 Å². The van der Waals surface area contributed by atoms with Crippen LogP contribution in [-0.4, -0.2) is 20.8 Å². The van der Waals surface area contributed by atoms with Crippen LogP contribution < -0.4 is 4.74 Å². The Kier molecular flexibility index (Phi) is 5.76. The van der Waals surface area contributed by atoms with E-state index in [4.69, 9.17) is 27.0 Å². The van der Waals surface area contributed by atoms with Gasteiger partial charge >= 0.3 is 0 Å². The van der Waals surface area contributed by atoms with Crippen LogP contribution in [0.25, 0.3) is 0 Å². The lowest BCUT2D eigenvalue weighted by Crippen LogP contribution is -2.31. The number of aryl methyl sites for hydroxylation is 1. The Morgan fingerprint density at radius 1 is 1.30 bits per heavy atom. The van der Waals surface area contributed by atoms with Gasteiger partial charge in [0, 0.05) is 16.6 Å².